The van der Waals surface area contributed by atoms with E-state index in [0.717, 1.165) is 18.9 Å². The molecule has 0 saturated heterocycles. The maximum Gasteiger partial charge on any atom is 0.0634 e. The first kappa shape index (κ1) is 13.0. The number of nitrogens with one attached hydrogen (secondary N) is 1. The van der Waals surface area contributed by atoms with Gasteiger partial charge in [-0.1, -0.05) is 13.8 Å². The van der Waals surface area contributed by atoms with Crippen LogP contribution in [0.1, 0.15) is 47.0 Å². The molecular weight excluding hydrogens is 186 g/mol. The topological polar surface area (TPSA) is 21.3 Å². The van der Waals surface area contributed by atoms with E-state index in [1.165, 1.54) is 19.4 Å². The molecule has 1 aliphatic rings. The van der Waals surface area contributed by atoms with Crippen LogP contribution < -0.4 is 5.32 Å². The lowest BCUT2D eigenvalue weighted by Gasteiger charge is -2.25. The van der Waals surface area contributed by atoms with Gasteiger partial charge in [-0.2, -0.15) is 0 Å². The van der Waals surface area contributed by atoms with Gasteiger partial charge in [0.15, 0.2) is 0 Å². The Balaban J connectivity index is 2.12. The van der Waals surface area contributed by atoms with Gasteiger partial charge >= 0.3 is 0 Å². The summed E-state index contributed by atoms with van der Waals surface area (Å²) in [4.78, 5) is 0. The van der Waals surface area contributed by atoms with Crippen LogP contribution in [0.2, 0.25) is 0 Å². The van der Waals surface area contributed by atoms with E-state index in [4.69, 9.17) is 4.74 Å². The van der Waals surface area contributed by atoms with E-state index in [0.29, 0.717) is 5.41 Å². The zero-order chi connectivity index (χ0) is 11.5. The minimum atomic E-state index is 0.0154. The normalized spacial score (nSPS) is 19.6. The van der Waals surface area contributed by atoms with Gasteiger partial charge < -0.3 is 10.1 Å². The highest BCUT2D eigenvalue weighted by Crippen LogP contribution is 2.51. The molecule has 0 atom stereocenters. The molecule has 0 aliphatic heterocycles. The molecule has 1 N–H and O–H groups in total. The van der Waals surface area contributed by atoms with Gasteiger partial charge in [0, 0.05) is 13.7 Å². The van der Waals surface area contributed by atoms with Crippen LogP contribution >= 0.6 is 0 Å². The van der Waals surface area contributed by atoms with Crippen LogP contribution in [0.5, 0.6) is 0 Å². The molecule has 15 heavy (non-hydrogen) atoms. The summed E-state index contributed by atoms with van der Waals surface area (Å²) in [6, 6.07) is 0. The first-order valence-electron chi connectivity index (χ1n) is 6.18. The van der Waals surface area contributed by atoms with Gasteiger partial charge in [0.05, 0.1) is 5.60 Å². The Bertz CT molecular complexity index is 195. The molecular formula is C13H27NO. The third-order valence-electron chi connectivity index (χ3n) is 4.05. The van der Waals surface area contributed by atoms with Crippen molar-refractivity contribution in [3.8, 4) is 0 Å². The average Bonchev–Trinajstić information content (AvgIpc) is 2.94. The highest BCUT2D eigenvalue weighted by atomic mass is 16.5. The van der Waals surface area contributed by atoms with Crippen molar-refractivity contribution >= 4 is 0 Å². The molecule has 1 saturated carbocycles. The molecule has 0 spiro atoms. The van der Waals surface area contributed by atoms with Crippen LogP contribution in [0.25, 0.3) is 0 Å². The minimum Gasteiger partial charge on any atom is -0.379 e. The molecule has 2 heteroatoms. The SMILES string of the molecule is COC(C)(C)CCNCC1(C(C)C)CC1. The molecule has 0 aromatic carbocycles. The molecule has 0 aromatic rings. The first-order chi connectivity index (χ1) is 6.92. The summed E-state index contributed by atoms with van der Waals surface area (Å²) in [6.07, 6.45) is 3.90. The smallest absolute Gasteiger partial charge is 0.0634 e. The van der Waals surface area contributed by atoms with Crippen LogP contribution in [-0.2, 0) is 4.74 Å². The summed E-state index contributed by atoms with van der Waals surface area (Å²) in [7, 11) is 1.79. The van der Waals surface area contributed by atoms with Crippen molar-refractivity contribution < 1.29 is 4.74 Å². The van der Waals surface area contributed by atoms with Crippen molar-refractivity contribution in [1.29, 1.82) is 0 Å². The molecule has 90 valence electrons. The lowest BCUT2D eigenvalue weighted by molar-refractivity contribution is 0.0155. The minimum absolute atomic E-state index is 0.0154. The van der Waals surface area contributed by atoms with E-state index in [1.807, 2.05) is 0 Å². The van der Waals surface area contributed by atoms with Crippen LogP contribution in [0.15, 0.2) is 0 Å². The molecule has 0 heterocycles. The van der Waals surface area contributed by atoms with Crippen molar-refractivity contribution in [1.82, 2.24) is 5.32 Å². The Hall–Kier alpha value is -0.0800. The standard InChI is InChI=1S/C13H27NO/c1-11(2)13(6-7-13)10-14-9-8-12(3,4)15-5/h11,14H,6-10H2,1-5H3. The summed E-state index contributed by atoms with van der Waals surface area (Å²) in [5.74, 6) is 0.820. The molecule has 0 radical (unpaired) electrons. The van der Waals surface area contributed by atoms with Gasteiger partial charge in [-0.15, -0.1) is 0 Å². The Morgan fingerprint density at radius 2 is 1.93 bits per heavy atom. The quantitative estimate of drug-likeness (QED) is 0.657. The van der Waals surface area contributed by atoms with Crippen molar-refractivity contribution in [3.05, 3.63) is 0 Å². The van der Waals surface area contributed by atoms with E-state index in [2.05, 4.69) is 33.0 Å². The fourth-order valence-corrected chi connectivity index (χ4v) is 1.95. The summed E-state index contributed by atoms with van der Waals surface area (Å²) in [5, 5.41) is 3.58. The summed E-state index contributed by atoms with van der Waals surface area (Å²) in [6.45, 7) is 11.2. The van der Waals surface area contributed by atoms with Gasteiger partial charge in [-0.3, -0.25) is 0 Å². The largest absolute Gasteiger partial charge is 0.379 e. The second-order valence-corrected chi connectivity index (χ2v) is 5.91. The van der Waals surface area contributed by atoms with Gasteiger partial charge in [0.25, 0.3) is 0 Å². The van der Waals surface area contributed by atoms with E-state index < -0.39 is 0 Å². The summed E-state index contributed by atoms with van der Waals surface area (Å²) >= 11 is 0. The number of rotatable bonds is 7. The van der Waals surface area contributed by atoms with Crippen LogP contribution in [0.4, 0.5) is 0 Å². The van der Waals surface area contributed by atoms with E-state index in [9.17, 15) is 0 Å². The lowest BCUT2D eigenvalue weighted by Crippen LogP contribution is -2.33. The second kappa shape index (κ2) is 4.84. The van der Waals surface area contributed by atoms with Crippen LogP contribution in [0.3, 0.4) is 0 Å². The third kappa shape index (κ3) is 3.76. The molecule has 1 rings (SSSR count). The average molecular weight is 213 g/mol. The lowest BCUT2D eigenvalue weighted by atomic mass is 9.92. The van der Waals surface area contributed by atoms with Crippen molar-refractivity contribution in [2.24, 2.45) is 11.3 Å². The molecule has 1 aliphatic carbocycles. The van der Waals surface area contributed by atoms with Crippen molar-refractivity contribution in [2.45, 2.75) is 52.6 Å². The number of methoxy groups -OCH3 is 1. The molecule has 1 fully saturated rings. The number of hydrogen-bond acceptors (Lipinski definition) is 2. The predicted molar refractivity (Wildman–Crippen MR) is 65.1 cm³/mol. The maximum absolute atomic E-state index is 5.39. The summed E-state index contributed by atoms with van der Waals surface area (Å²) < 4.78 is 5.39. The number of ether oxygens (including phenoxy) is 1. The molecule has 0 bridgehead atoms. The third-order valence-corrected chi connectivity index (χ3v) is 4.05. The second-order valence-electron chi connectivity index (χ2n) is 5.91. The van der Waals surface area contributed by atoms with Gasteiger partial charge in [-0.05, 0) is 51.0 Å². The Morgan fingerprint density at radius 1 is 1.33 bits per heavy atom. The molecule has 2 nitrogen and oxygen atoms in total. The Labute approximate surface area is 94.8 Å². The predicted octanol–water partition coefficient (Wildman–Crippen LogP) is 2.83. The maximum atomic E-state index is 5.39. The Kier molecular flexibility index (Phi) is 4.19. The Morgan fingerprint density at radius 3 is 2.33 bits per heavy atom. The zero-order valence-electron chi connectivity index (χ0n) is 11.0. The molecule has 0 aromatic heterocycles. The fourth-order valence-electron chi connectivity index (χ4n) is 1.95. The van der Waals surface area contributed by atoms with E-state index in [-0.39, 0.29) is 5.60 Å². The number of hydrogen-bond donors (Lipinski definition) is 1. The highest BCUT2D eigenvalue weighted by molar-refractivity contribution is 4.97. The molecule has 0 unspecified atom stereocenters. The van der Waals surface area contributed by atoms with Gasteiger partial charge in [0.2, 0.25) is 0 Å². The summed E-state index contributed by atoms with van der Waals surface area (Å²) in [5.41, 5.74) is 0.638. The van der Waals surface area contributed by atoms with E-state index in [1.54, 1.807) is 7.11 Å². The van der Waals surface area contributed by atoms with Gasteiger partial charge in [0.1, 0.15) is 0 Å². The highest BCUT2D eigenvalue weighted by Gasteiger charge is 2.44. The van der Waals surface area contributed by atoms with Gasteiger partial charge in [-0.25, -0.2) is 0 Å². The van der Waals surface area contributed by atoms with Crippen LogP contribution in [0, 0.1) is 11.3 Å². The monoisotopic (exact) mass is 213 g/mol. The fraction of sp³-hybridized carbons (Fsp3) is 1.00. The van der Waals surface area contributed by atoms with Crippen molar-refractivity contribution in [2.75, 3.05) is 20.2 Å². The van der Waals surface area contributed by atoms with Crippen molar-refractivity contribution in [3.63, 3.8) is 0 Å². The van der Waals surface area contributed by atoms with Crippen LogP contribution in [-0.4, -0.2) is 25.8 Å². The molecule has 0 amide bonds. The van der Waals surface area contributed by atoms with E-state index >= 15 is 0 Å². The zero-order valence-corrected chi connectivity index (χ0v) is 11.0. The first-order valence-corrected chi connectivity index (χ1v) is 6.18.